The minimum Gasteiger partial charge on any atom is -0.396 e. The van der Waals surface area contributed by atoms with E-state index in [1.54, 1.807) is 13.0 Å². The molecule has 0 aromatic rings. The molecule has 0 bridgehead atoms. The average molecular weight is 421 g/mol. The number of hydrogen-bond donors (Lipinski definition) is 3. The summed E-state index contributed by atoms with van der Waals surface area (Å²) in [6, 6.07) is 0. The Morgan fingerprint density at radius 3 is 2.47 bits per heavy atom. The van der Waals surface area contributed by atoms with Crippen molar-refractivity contribution in [3.8, 4) is 0 Å². The van der Waals surface area contributed by atoms with E-state index in [0.29, 0.717) is 49.0 Å². The fourth-order valence-electron chi connectivity index (χ4n) is 6.79. The predicted octanol–water partition coefficient (Wildman–Crippen LogP) is 5.26. The van der Waals surface area contributed by atoms with Crippen molar-refractivity contribution < 1.29 is 19.7 Å². The van der Waals surface area contributed by atoms with Crippen molar-refractivity contribution in [2.75, 3.05) is 6.61 Å². The van der Waals surface area contributed by atoms with E-state index in [4.69, 9.17) is 5.11 Å². The van der Waals surface area contributed by atoms with Gasteiger partial charge in [-0.15, -0.1) is 0 Å². The Hall–Kier alpha value is -0.970. The molecular formula is C26H41FO3. The first-order valence-corrected chi connectivity index (χ1v) is 12.0. The van der Waals surface area contributed by atoms with Gasteiger partial charge in [0, 0.05) is 6.61 Å². The summed E-state index contributed by atoms with van der Waals surface area (Å²) in [5.74, 6) is 1.59. The Balaban J connectivity index is 1.72. The second-order valence-electron chi connectivity index (χ2n) is 10.3. The zero-order valence-electron chi connectivity index (χ0n) is 19.0. The van der Waals surface area contributed by atoms with E-state index in [2.05, 4.69) is 26.0 Å². The summed E-state index contributed by atoms with van der Waals surface area (Å²) in [5, 5.41) is 29.9. The Morgan fingerprint density at radius 1 is 1.13 bits per heavy atom. The molecule has 0 aromatic carbocycles. The molecule has 0 saturated heterocycles. The standard InChI is InChI=1S/C26H41FO3/c1-17(14-18(2)27)22-10-11-23-20(6-4-12-26(22,23)3)9-8-19-15-24(29)21(7-5-13-28)25(30)16-19/h7-9,17-18,22-25,28-30H,4-6,10-16H2,1-3H3/b19-8?,20-9+,21-7?/t17-,18?,22?,23?,24+,25+,26+/m0/s1. The number of fused-ring (bicyclic) bond motifs is 1. The summed E-state index contributed by atoms with van der Waals surface area (Å²) in [4.78, 5) is 0. The molecule has 4 heteroatoms. The van der Waals surface area contributed by atoms with Gasteiger partial charge in [0.25, 0.3) is 0 Å². The lowest BCUT2D eigenvalue weighted by Gasteiger charge is -2.44. The highest BCUT2D eigenvalue weighted by molar-refractivity contribution is 5.30. The van der Waals surface area contributed by atoms with Crippen LogP contribution in [0.1, 0.15) is 78.6 Å². The predicted molar refractivity (Wildman–Crippen MR) is 120 cm³/mol. The highest BCUT2D eigenvalue weighted by Gasteiger charge is 2.50. The van der Waals surface area contributed by atoms with Gasteiger partial charge in [0.1, 0.15) is 0 Å². The zero-order valence-corrected chi connectivity index (χ0v) is 19.0. The van der Waals surface area contributed by atoms with Gasteiger partial charge in [-0.25, -0.2) is 4.39 Å². The van der Waals surface area contributed by atoms with Gasteiger partial charge in [-0.05, 0) is 93.5 Å². The molecule has 3 fully saturated rings. The van der Waals surface area contributed by atoms with Crippen LogP contribution >= 0.6 is 0 Å². The Labute approximate surface area is 181 Å². The molecule has 30 heavy (non-hydrogen) atoms. The van der Waals surface area contributed by atoms with Crippen LogP contribution in [0.3, 0.4) is 0 Å². The summed E-state index contributed by atoms with van der Waals surface area (Å²) in [6.45, 7) is 6.38. The van der Waals surface area contributed by atoms with Crippen LogP contribution < -0.4 is 0 Å². The third-order valence-corrected chi connectivity index (χ3v) is 8.14. The molecule has 0 aromatic heterocycles. The maximum atomic E-state index is 13.6. The molecule has 0 aliphatic heterocycles. The van der Waals surface area contributed by atoms with Crippen LogP contribution in [0.2, 0.25) is 0 Å². The normalized spacial score (nSPS) is 37.8. The fraction of sp³-hybridized carbons (Fsp3) is 0.769. The van der Waals surface area contributed by atoms with Gasteiger partial charge in [-0.2, -0.15) is 0 Å². The second-order valence-corrected chi connectivity index (χ2v) is 10.3. The molecule has 3 nitrogen and oxygen atoms in total. The van der Waals surface area contributed by atoms with Crippen molar-refractivity contribution in [1.82, 2.24) is 0 Å². The fourth-order valence-corrected chi connectivity index (χ4v) is 6.79. The van der Waals surface area contributed by atoms with E-state index in [1.165, 1.54) is 31.3 Å². The van der Waals surface area contributed by atoms with Crippen LogP contribution in [0, 0.1) is 23.2 Å². The van der Waals surface area contributed by atoms with Crippen LogP contribution in [-0.4, -0.2) is 40.3 Å². The van der Waals surface area contributed by atoms with Crippen LogP contribution in [0.25, 0.3) is 0 Å². The molecule has 3 aliphatic rings. The Kier molecular flexibility index (Phi) is 7.97. The van der Waals surface area contributed by atoms with E-state index in [9.17, 15) is 14.6 Å². The van der Waals surface area contributed by atoms with Crippen molar-refractivity contribution in [2.24, 2.45) is 23.2 Å². The number of aliphatic hydroxyl groups excluding tert-OH is 3. The van der Waals surface area contributed by atoms with Crippen LogP contribution in [0.5, 0.6) is 0 Å². The molecule has 0 spiro atoms. The van der Waals surface area contributed by atoms with Gasteiger partial charge < -0.3 is 15.3 Å². The topological polar surface area (TPSA) is 60.7 Å². The summed E-state index contributed by atoms with van der Waals surface area (Å²) in [6.07, 6.45) is 12.3. The molecule has 3 aliphatic carbocycles. The minimum absolute atomic E-state index is 0.0295. The first-order chi connectivity index (χ1) is 14.3. The van der Waals surface area contributed by atoms with E-state index in [0.717, 1.165) is 12.0 Å². The number of allylic oxidation sites excluding steroid dienone is 3. The SMILES string of the molecule is CC(F)C[C@H](C)C1CCC2/C(=C/C=C3C[C@@H](O)C(=CCCO)[C@H](O)C3)CCC[C@@]21C. The van der Waals surface area contributed by atoms with Gasteiger partial charge in [-0.1, -0.05) is 43.2 Å². The quantitative estimate of drug-likeness (QED) is 0.513. The highest BCUT2D eigenvalue weighted by atomic mass is 19.1. The number of aliphatic hydroxyl groups is 3. The summed E-state index contributed by atoms with van der Waals surface area (Å²) in [5.41, 5.74) is 3.51. The molecule has 0 amide bonds. The first-order valence-electron chi connectivity index (χ1n) is 12.0. The van der Waals surface area contributed by atoms with Crippen LogP contribution in [0.4, 0.5) is 4.39 Å². The van der Waals surface area contributed by atoms with Crippen molar-refractivity contribution in [3.05, 3.63) is 34.9 Å². The number of alkyl halides is 1. The minimum atomic E-state index is -0.730. The van der Waals surface area contributed by atoms with Crippen molar-refractivity contribution in [1.29, 1.82) is 0 Å². The van der Waals surface area contributed by atoms with Gasteiger partial charge in [0.15, 0.2) is 0 Å². The number of halogens is 1. The van der Waals surface area contributed by atoms with Gasteiger partial charge in [0.05, 0.1) is 18.4 Å². The molecule has 0 heterocycles. The number of rotatable bonds is 6. The molecule has 7 atom stereocenters. The van der Waals surface area contributed by atoms with E-state index in [1.807, 2.05) is 0 Å². The summed E-state index contributed by atoms with van der Waals surface area (Å²) >= 11 is 0. The molecule has 3 N–H and O–H groups in total. The lowest BCUT2D eigenvalue weighted by atomic mass is 9.60. The third-order valence-electron chi connectivity index (χ3n) is 8.14. The Morgan fingerprint density at radius 2 is 1.83 bits per heavy atom. The van der Waals surface area contributed by atoms with Crippen molar-refractivity contribution in [3.63, 3.8) is 0 Å². The van der Waals surface area contributed by atoms with Gasteiger partial charge in [-0.3, -0.25) is 0 Å². The Bertz CT molecular complexity index is 664. The van der Waals surface area contributed by atoms with E-state index < -0.39 is 18.4 Å². The van der Waals surface area contributed by atoms with E-state index >= 15 is 0 Å². The van der Waals surface area contributed by atoms with E-state index in [-0.39, 0.29) is 12.0 Å². The highest BCUT2D eigenvalue weighted by Crippen LogP contribution is 2.59. The molecular weight excluding hydrogens is 379 g/mol. The maximum Gasteiger partial charge on any atom is 0.0976 e. The molecule has 3 unspecified atom stereocenters. The van der Waals surface area contributed by atoms with Crippen LogP contribution in [0.15, 0.2) is 34.9 Å². The maximum absolute atomic E-state index is 13.6. The lowest BCUT2D eigenvalue weighted by molar-refractivity contribution is 0.0843. The zero-order chi connectivity index (χ0) is 21.9. The smallest absolute Gasteiger partial charge is 0.0976 e. The summed E-state index contributed by atoms with van der Waals surface area (Å²) < 4.78 is 13.6. The monoisotopic (exact) mass is 420 g/mol. The molecule has 3 saturated carbocycles. The summed E-state index contributed by atoms with van der Waals surface area (Å²) in [7, 11) is 0. The van der Waals surface area contributed by atoms with Gasteiger partial charge in [0.2, 0.25) is 0 Å². The lowest BCUT2D eigenvalue weighted by Crippen LogP contribution is -2.36. The third kappa shape index (κ3) is 5.08. The molecule has 3 rings (SSSR count). The second kappa shape index (κ2) is 10.1. The first kappa shape index (κ1) is 23.7. The van der Waals surface area contributed by atoms with Crippen LogP contribution in [-0.2, 0) is 0 Å². The largest absolute Gasteiger partial charge is 0.396 e. The van der Waals surface area contributed by atoms with Crippen molar-refractivity contribution in [2.45, 2.75) is 96.9 Å². The molecule has 170 valence electrons. The van der Waals surface area contributed by atoms with Gasteiger partial charge >= 0.3 is 0 Å². The average Bonchev–Trinajstić information content (AvgIpc) is 3.03. The molecule has 0 radical (unpaired) electrons. The van der Waals surface area contributed by atoms with Crippen molar-refractivity contribution >= 4 is 0 Å². The number of hydrogen-bond acceptors (Lipinski definition) is 3.